The predicted molar refractivity (Wildman–Crippen MR) is 120 cm³/mol. The minimum absolute atomic E-state index is 0.0924. The van der Waals surface area contributed by atoms with Crippen LogP contribution in [-0.2, 0) is 9.59 Å². The highest BCUT2D eigenvalue weighted by Gasteiger charge is 2.32. The van der Waals surface area contributed by atoms with E-state index in [-0.39, 0.29) is 18.2 Å². The van der Waals surface area contributed by atoms with E-state index in [1.807, 2.05) is 74.5 Å². The third kappa shape index (κ3) is 4.49. The summed E-state index contributed by atoms with van der Waals surface area (Å²) >= 11 is 1.30. The molecule has 3 aromatic carbocycles. The van der Waals surface area contributed by atoms with Crippen molar-refractivity contribution in [1.82, 2.24) is 5.32 Å². The second-order valence-electron chi connectivity index (χ2n) is 7.12. The van der Waals surface area contributed by atoms with Crippen molar-refractivity contribution in [3.63, 3.8) is 0 Å². The monoisotopic (exact) mass is 403 g/mol. The molecule has 0 aliphatic carbocycles. The average molecular weight is 404 g/mol. The molecular weight excluding hydrogens is 382 g/mol. The Morgan fingerprint density at radius 3 is 2.69 bits per heavy atom. The third-order valence-corrected chi connectivity index (χ3v) is 5.85. The lowest BCUT2D eigenvalue weighted by Gasteiger charge is -2.08. The summed E-state index contributed by atoms with van der Waals surface area (Å²) < 4.78 is 0. The van der Waals surface area contributed by atoms with Crippen LogP contribution in [0, 0.1) is 13.8 Å². The smallest absolute Gasteiger partial charge is 0.240 e. The van der Waals surface area contributed by atoms with Crippen molar-refractivity contribution in [2.75, 3.05) is 5.32 Å². The molecule has 3 aromatic rings. The summed E-state index contributed by atoms with van der Waals surface area (Å²) in [5.41, 5.74) is 3.70. The van der Waals surface area contributed by atoms with Gasteiger partial charge in [0.1, 0.15) is 5.25 Å². The lowest BCUT2D eigenvalue weighted by molar-refractivity contribution is -0.122. The predicted octanol–water partition coefficient (Wildman–Crippen LogP) is 4.70. The maximum atomic E-state index is 12.5. The maximum absolute atomic E-state index is 12.5. The number of thioether (sulfide) groups is 1. The lowest BCUT2D eigenvalue weighted by Crippen LogP contribution is -2.28. The molecule has 6 heteroatoms. The summed E-state index contributed by atoms with van der Waals surface area (Å²) in [5, 5.41) is 7.90. The van der Waals surface area contributed by atoms with Crippen molar-refractivity contribution < 1.29 is 9.59 Å². The Kier molecular flexibility index (Phi) is 5.36. The molecule has 1 aliphatic rings. The van der Waals surface area contributed by atoms with E-state index < -0.39 is 5.25 Å². The Morgan fingerprint density at radius 1 is 1.07 bits per heavy atom. The fourth-order valence-corrected chi connectivity index (χ4v) is 4.17. The normalized spacial score (nSPS) is 17.5. The highest BCUT2D eigenvalue weighted by molar-refractivity contribution is 8.15. The van der Waals surface area contributed by atoms with Crippen molar-refractivity contribution in [3.8, 4) is 0 Å². The molecule has 0 radical (unpaired) electrons. The van der Waals surface area contributed by atoms with Crippen LogP contribution in [0.15, 0.2) is 65.7 Å². The molecule has 5 nitrogen and oxygen atoms in total. The van der Waals surface area contributed by atoms with Gasteiger partial charge < -0.3 is 10.6 Å². The number of hydrogen-bond donors (Lipinski definition) is 2. The Hall–Kier alpha value is -3.12. The van der Waals surface area contributed by atoms with Crippen LogP contribution in [0.1, 0.15) is 17.5 Å². The maximum Gasteiger partial charge on any atom is 0.240 e. The number of carbonyl (C=O) groups is 2. The van der Waals surface area contributed by atoms with Crippen LogP contribution in [0.3, 0.4) is 0 Å². The summed E-state index contributed by atoms with van der Waals surface area (Å²) in [7, 11) is 0. The van der Waals surface area contributed by atoms with E-state index in [1.165, 1.54) is 11.8 Å². The second-order valence-corrected chi connectivity index (χ2v) is 8.31. The van der Waals surface area contributed by atoms with Crippen molar-refractivity contribution in [1.29, 1.82) is 0 Å². The van der Waals surface area contributed by atoms with Crippen molar-refractivity contribution in [2.24, 2.45) is 4.99 Å². The number of nitrogens with one attached hydrogen (secondary N) is 2. The quantitative estimate of drug-likeness (QED) is 0.663. The van der Waals surface area contributed by atoms with E-state index in [0.29, 0.717) is 5.17 Å². The van der Waals surface area contributed by atoms with Crippen LogP contribution in [0.2, 0.25) is 0 Å². The molecule has 1 saturated heterocycles. The van der Waals surface area contributed by atoms with Gasteiger partial charge in [-0.05, 0) is 53.9 Å². The van der Waals surface area contributed by atoms with Gasteiger partial charge in [0.2, 0.25) is 11.8 Å². The molecule has 1 fully saturated rings. The number of aliphatic imine (C=N–C) groups is 1. The standard InChI is InChI=1S/C23H21N3O2S/c1-14-7-8-15(2)19(11-14)25-23-26-22(28)20(29-23)13-21(27)24-18-10-9-16-5-3-4-6-17(16)12-18/h3-12,20H,13H2,1-2H3,(H,24,27)(H,25,26,28)/t20-/m0/s1. The van der Waals surface area contributed by atoms with Crippen molar-refractivity contribution in [2.45, 2.75) is 25.5 Å². The fraction of sp³-hybridized carbons (Fsp3) is 0.174. The zero-order valence-corrected chi connectivity index (χ0v) is 17.0. The van der Waals surface area contributed by atoms with Crippen molar-refractivity contribution >= 4 is 50.9 Å². The Labute approximate surface area is 173 Å². The molecule has 146 valence electrons. The number of rotatable bonds is 4. The Morgan fingerprint density at radius 2 is 1.86 bits per heavy atom. The van der Waals surface area contributed by atoms with Crippen LogP contribution in [0.5, 0.6) is 0 Å². The van der Waals surface area contributed by atoms with Gasteiger partial charge in [-0.25, -0.2) is 4.99 Å². The Bertz CT molecular complexity index is 1140. The number of benzene rings is 3. The number of amidine groups is 1. The van der Waals surface area contributed by atoms with Crippen LogP contribution in [-0.4, -0.2) is 22.2 Å². The van der Waals surface area contributed by atoms with Gasteiger partial charge in [0.25, 0.3) is 0 Å². The summed E-state index contributed by atoms with van der Waals surface area (Å²) in [6.07, 6.45) is 0.0924. The molecule has 4 rings (SSSR count). The average Bonchev–Trinajstić information content (AvgIpc) is 3.03. The first-order valence-electron chi connectivity index (χ1n) is 9.40. The summed E-state index contributed by atoms with van der Waals surface area (Å²) in [6.45, 7) is 3.98. The number of amides is 2. The topological polar surface area (TPSA) is 70.6 Å². The zero-order chi connectivity index (χ0) is 20.4. The second kappa shape index (κ2) is 8.09. The summed E-state index contributed by atoms with van der Waals surface area (Å²) in [6, 6.07) is 19.8. The number of anilines is 1. The Balaban J connectivity index is 1.42. The van der Waals surface area contributed by atoms with Gasteiger partial charge in [-0.15, -0.1) is 0 Å². The van der Waals surface area contributed by atoms with Crippen LogP contribution in [0.4, 0.5) is 11.4 Å². The molecule has 0 spiro atoms. The van der Waals surface area contributed by atoms with Gasteiger partial charge in [-0.3, -0.25) is 9.59 Å². The summed E-state index contributed by atoms with van der Waals surface area (Å²) in [4.78, 5) is 29.3. The molecule has 29 heavy (non-hydrogen) atoms. The number of nitrogens with zero attached hydrogens (tertiary/aromatic N) is 1. The molecule has 1 atom stereocenters. The van der Waals surface area contributed by atoms with Crippen LogP contribution in [0.25, 0.3) is 10.8 Å². The summed E-state index contributed by atoms with van der Waals surface area (Å²) in [5.74, 6) is -0.381. The van der Waals surface area contributed by atoms with Crippen LogP contribution >= 0.6 is 11.8 Å². The van der Waals surface area contributed by atoms with E-state index in [0.717, 1.165) is 33.3 Å². The zero-order valence-electron chi connectivity index (χ0n) is 16.2. The number of fused-ring (bicyclic) bond motifs is 1. The van der Waals surface area contributed by atoms with E-state index >= 15 is 0 Å². The van der Waals surface area contributed by atoms with Gasteiger partial charge in [0.15, 0.2) is 5.17 Å². The first kappa shape index (κ1) is 19.2. The van der Waals surface area contributed by atoms with Gasteiger partial charge in [-0.1, -0.05) is 54.2 Å². The number of carbonyl (C=O) groups excluding carboxylic acids is 2. The van der Waals surface area contributed by atoms with Gasteiger partial charge in [0, 0.05) is 12.1 Å². The molecule has 0 aromatic heterocycles. The fourth-order valence-electron chi connectivity index (χ4n) is 3.19. The number of hydrogen-bond acceptors (Lipinski definition) is 4. The SMILES string of the molecule is Cc1ccc(C)c(N=C2NC(=O)[C@H](CC(=O)Nc3ccc4ccccc4c3)S2)c1. The van der Waals surface area contributed by atoms with Crippen LogP contribution < -0.4 is 10.6 Å². The largest absolute Gasteiger partial charge is 0.326 e. The molecule has 2 N–H and O–H groups in total. The van der Waals surface area contributed by atoms with Gasteiger partial charge in [0.05, 0.1) is 5.69 Å². The molecule has 0 saturated carbocycles. The minimum Gasteiger partial charge on any atom is -0.326 e. The lowest BCUT2D eigenvalue weighted by atomic mass is 10.1. The first-order valence-corrected chi connectivity index (χ1v) is 10.3. The highest BCUT2D eigenvalue weighted by Crippen LogP contribution is 2.28. The van der Waals surface area contributed by atoms with Gasteiger partial charge in [-0.2, -0.15) is 0 Å². The van der Waals surface area contributed by atoms with E-state index in [2.05, 4.69) is 15.6 Å². The van der Waals surface area contributed by atoms with Crippen molar-refractivity contribution in [3.05, 3.63) is 71.8 Å². The van der Waals surface area contributed by atoms with E-state index in [9.17, 15) is 9.59 Å². The van der Waals surface area contributed by atoms with E-state index in [1.54, 1.807) is 0 Å². The minimum atomic E-state index is -0.487. The first-order chi connectivity index (χ1) is 14.0. The molecular formula is C23H21N3O2S. The molecule has 0 unspecified atom stereocenters. The highest BCUT2D eigenvalue weighted by atomic mass is 32.2. The molecule has 2 amide bonds. The molecule has 1 heterocycles. The number of aryl methyl sites for hydroxylation is 2. The van der Waals surface area contributed by atoms with E-state index in [4.69, 9.17) is 0 Å². The molecule has 1 aliphatic heterocycles. The molecule has 0 bridgehead atoms. The third-order valence-electron chi connectivity index (χ3n) is 4.77. The van der Waals surface area contributed by atoms with Gasteiger partial charge >= 0.3 is 0 Å².